The largest absolute Gasteiger partial charge is 0.452 e. The minimum Gasteiger partial charge on any atom is -0.269 e. The van der Waals surface area contributed by atoms with E-state index in [1.165, 1.54) is 0 Å². The van der Waals surface area contributed by atoms with Crippen molar-refractivity contribution in [3.63, 3.8) is 0 Å². The van der Waals surface area contributed by atoms with Crippen molar-refractivity contribution >= 4 is 11.8 Å². The summed E-state index contributed by atoms with van der Waals surface area (Å²) in [7, 11) is 0. The Balaban J connectivity index is 3.37. The zero-order valence-corrected chi connectivity index (χ0v) is 7.56. The van der Waals surface area contributed by atoms with Gasteiger partial charge in [-0.25, -0.2) is 4.90 Å². The lowest BCUT2D eigenvalue weighted by Crippen LogP contribution is -2.66. The fourth-order valence-electron chi connectivity index (χ4n) is 1.12. The van der Waals surface area contributed by atoms with Gasteiger partial charge in [-0.1, -0.05) is 0 Å². The Hall–Kier alpha value is -1.61. The third-order valence-corrected chi connectivity index (χ3v) is 1.87. The number of carbonyl (C=O) groups excluding carboxylic acids is 2. The molecule has 10 heteroatoms. The molecule has 0 aliphatic carbocycles. The smallest absolute Gasteiger partial charge is 0.269 e. The standard InChI is InChI=1S/C7H2F7NO2/c8-5(6(9,10)11,7(12,13)14)15-3(16)1-2-4(15)17/h1-2H. The van der Waals surface area contributed by atoms with E-state index in [0.29, 0.717) is 0 Å². The number of rotatable bonds is 1. The summed E-state index contributed by atoms with van der Waals surface area (Å²) in [6, 6.07) is 0. The normalized spacial score (nSPS) is 18.2. The SMILES string of the molecule is O=C1C=CC(=O)N1C(F)(C(F)(F)F)C(F)(F)F. The van der Waals surface area contributed by atoms with E-state index < -0.39 is 34.9 Å². The van der Waals surface area contributed by atoms with Crippen LogP contribution in [-0.4, -0.2) is 34.9 Å². The highest BCUT2D eigenvalue weighted by molar-refractivity contribution is 6.13. The Morgan fingerprint density at radius 1 is 0.765 bits per heavy atom. The van der Waals surface area contributed by atoms with Gasteiger partial charge in [0.1, 0.15) is 0 Å². The van der Waals surface area contributed by atoms with Gasteiger partial charge in [0.2, 0.25) is 0 Å². The molecule has 0 N–H and O–H groups in total. The fourth-order valence-corrected chi connectivity index (χ4v) is 1.12. The van der Waals surface area contributed by atoms with Crippen molar-refractivity contribution in [2.75, 3.05) is 0 Å². The van der Waals surface area contributed by atoms with E-state index in [9.17, 15) is 40.3 Å². The van der Waals surface area contributed by atoms with E-state index in [0.717, 1.165) is 0 Å². The molecule has 3 nitrogen and oxygen atoms in total. The Morgan fingerprint density at radius 2 is 1.06 bits per heavy atom. The van der Waals surface area contributed by atoms with Crippen LogP contribution in [-0.2, 0) is 9.59 Å². The summed E-state index contributed by atoms with van der Waals surface area (Å²) < 4.78 is 86.0. The molecule has 0 aromatic rings. The number of hydrogen-bond acceptors (Lipinski definition) is 2. The second-order valence-electron chi connectivity index (χ2n) is 2.96. The van der Waals surface area contributed by atoms with Gasteiger partial charge in [-0.05, 0) is 0 Å². The summed E-state index contributed by atoms with van der Waals surface area (Å²) in [4.78, 5) is 19.9. The van der Waals surface area contributed by atoms with Crippen molar-refractivity contribution in [3.05, 3.63) is 12.2 Å². The average Bonchev–Trinajstić information content (AvgIpc) is 2.41. The molecule has 0 saturated heterocycles. The monoisotopic (exact) mass is 265 g/mol. The van der Waals surface area contributed by atoms with Crippen LogP contribution < -0.4 is 0 Å². The van der Waals surface area contributed by atoms with E-state index in [4.69, 9.17) is 0 Å². The number of hydrogen-bond donors (Lipinski definition) is 0. The van der Waals surface area contributed by atoms with Crippen molar-refractivity contribution in [2.24, 2.45) is 0 Å². The van der Waals surface area contributed by atoms with Gasteiger partial charge in [0.05, 0.1) is 0 Å². The van der Waals surface area contributed by atoms with Gasteiger partial charge in [-0.2, -0.15) is 30.7 Å². The number of imide groups is 1. The average molecular weight is 265 g/mol. The van der Waals surface area contributed by atoms with Crippen molar-refractivity contribution in [2.45, 2.75) is 18.1 Å². The first-order valence-corrected chi connectivity index (χ1v) is 3.81. The molecule has 0 aromatic heterocycles. The van der Waals surface area contributed by atoms with Crippen LogP contribution in [0.1, 0.15) is 0 Å². The zero-order valence-electron chi connectivity index (χ0n) is 7.56. The summed E-state index contributed by atoms with van der Waals surface area (Å²) in [5.74, 6) is -10.1. The number of alkyl halides is 7. The van der Waals surface area contributed by atoms with Crippen LogP contribution in [0.2, 0.25) is 0 Å². The summed E-state index contributed by atoms with van der Waals surface area (Å²) in [5.41, 5.74) is 0. The lowest BCUT2D eigenvalue weighted by atomic mass is 10.2. The second kappa shape index (κ2) is 3.44. The Bertz CT molecular complexity index is 362. The summed E-state index contributed by atoms with van der Waals surface area (Å²) in [6.45, 7) is 0. The molecule has 1 rings (SSSR count). The predicted octanol–water partition coefficient (Wildman–Crippen LogP) is 1.70. The number of halogens is 7. The van der Waals surface area contributed by atoms with Crippen LogP contribution in [0.15, 0.2) is 12.2 Å². The van der Waals surface area contributed by atoms with Gasteiger partial charge in [-0.15, -0.1) is 0 Å². The van der Waals surface area contributed by atoms with Crippen LogP contribution in [0.5, 0.6) is 0 Å². The molecule has 1 aliphatic heterocycles. The summed E-state index contributed by atoms with van der Waals surface area (Å²) in [5, 5.41) is 0. The van der Waals surface area contributed by atoms with E-state index in [1.54, 1.807) is 0 Å². The van der Waals surface area contributed by atoms with Gasteiger partial charge >= 0.3 is 18.1 Å². The predicted molar refractivity (Wildman–Crippen MR) is 36.9 cm³/mol. The third-order valence-electron chi connectivity index (χ3n) is 1.87. The molecule has 0 atom stereocenters. The molecule has 1 heterocycles. The first kappa shape index (κ1) is 13.5. The molecule has 0 fully saturated rings. The first-order chi connectivity index (χ1) is 7.43. The molecule has 0 bridgehead atoms. The Labute approximate surface area is 88.5 Å². The lowest BCUT2D eigenvalue weighted by Gasteiger charge is -2.35. The molecule has 1 aliphatic rings. The molecule has 0 aromatic carbocycles. The maximum Gasteiger partial charge on any atom is 0.452 e. The van der Waals surface area contributed by atoms with Crippen molar-refractivity contribution in [1.29, 1.82) is 0 Å². The number of nitrogens with zero attached hydrogens (tertiary/aromatic N) is 1. The van der Waals surface area contributed by atoms with Gasteiger partial charge in [0, 0.05) is 12.2 Å². The second-order valence-corrected chi connectivity index (χ2v) is 2.96. The molecule has 0 unspecified atom stereocenters. The quantitative estimate of drug-likeness (QED) is 0.411. The minimum atomic E-state index is -6.48. The van der Waals surface area contributed by atoms with Crippen molar-refractivity contribution in [3.8, 4) is 0 Å². The Morgan fingerprint density at radius 3 is 1.29 bits per heavy atom. The molecule has 0 spiro atoms. The minimum absolute atomic E-state index is 0.119. The molecule has 96 valence electrons. The number of amides is 2. The summed E-state index contributed by atoms with van der Waals surface area (Å²) in [6.07, 6.45) is -12.7. The maximum atomic E-state index is 13.2. The van der Waals surface area contributed by atoms with Crippen LogP contribution in [0, 0.1) is 0 Å². The molecule has 0 saturated carbocycles. The molecule has 0 radical (unpaired) electrons. The number of carbonyl (C=O) groups is 2. The lowest BCUT2D eigenvalue weighted by molar-refractivity contribution is -0.374. The van der Waals surface area contributed by atoms with Gasteiger partial charge in [0.15, 0.2) is 0 Å². The highest BCUT2D eigenvalue weighted by Crippen LogP contribution is 2.49. The summed E-state index contributed by atoms with van der Waals surface area (Å²) >= 11 is 0. The van der Waals surface area contributed by atoms with Crippen LogP contribution >= 0.6 is 0 Å². The van der Waals surface area contributed by atoms with Crippen LogP contribution in [0.3, 0.4) is 0 Å². The fraction of sp³-hybridized carbons (Fsp3) is 0.429. The Kier molecular flexibility index (Phi) is 2.72. The third kappa shape index (κ3) is 1.76. The van der Waals surface area contributed by atoms with E-state index in [-0.39, 0.29) is 12.2 Å². The van der Waals surface area contributed by atoms with Gasteiger partial charge in [-0.3, -0.25) is 9.59 Å². The van der Waals surface area contributed by atoms with E-state index >= 15 is 0 Å². The molecular weight excluding hydrogens is 263 g/mol. The van der Waals surface area contributed by atoms with E-state index in [1.807, 2.05) is 0 Å². The first-order valence-electron chi connectivity index (χ1n) is 3.81. The van der Waals surface area contributed by atoms with Crippen LogP contribution in [0.4, 0.5) is 30.7 Å². The van der Waals surface area contributed by atoms with Crippen molar-refractivity contribution in [1.82, 2.24) is 4.90 Å². The zero-order chi connectivity index (χ0) is 13.6. The highest BCUT2D eigenvalue weighted by Gasteiger charge is 2.78. The van der Waals surface area contributed by atoms with Gasteiger partial charge < -0.3 is 0 Å². The van der Waals surface area contributed by atoms with E-state index in [2.05, 4.69) is 0 Å². The topological polar surface area (TPSA) is 37.4 Å². The van der Waals surface area contributed by atoms with Crippen LogP contribution in [0.25, 0.3) is 0 Å². The molecular formula is C7H2F7NO2. The molecule has 17 heavy (non-hydrogen) atoms. The highest BCUT2D eigenvalue weighted by atomic mass is 19.4. The van der Waals surface area contributed by atoms with Gasteiger partial charge in [0.25, 0.3) is 11.8 Å². The molecule has 2 amide bonds. The maximum absolute atomic E-state index is 13.2. The van der Waals surface area contributed by atoms with Crippen molar-refractivity contribution < 1.29 is 40.3 Å².